The Balaban J connectivity index is 2.18. The Kier molecular flexibility index (Phi) is 5.67. The van der Waals surface area contributed by atoms with E-state index in [4.69, 9.17) is 0 Å². The molecule has 0 atom stereocenters. The molecule has 0 amide bonds. The van der Waals surface area contributed by atoms with Crippen LogP contribution in [-0.4, -0.2) is 15.9 Å². The molecule has 4 nitrogen and oxygen atoms in total. The minimum absolute atomic E-state index is 0.612. The molecule has 1 aromatic heterocycles. The lowest BCUT2D eigenvalue weighted by Crippen LogP contribution is -2.07. The second kappa shape index (κ2) is 7.72. The number of benzene rings is 1. The Morgan fingerprint density at radius 1 is 1.29 bits per heavy atom. The maximum Gasteiger partial charge on any atom is 0.176 e. The first kappa shape index (κ1) is 15.4. The summed E-state index contributed by atoms with van der Waals surface area (Å²) in [6.45, 7) is 6.65. The summed E-state index contributed by atoms with van der Waals surface area (Å²) in [4.78, 5) is 0. The first-order valence-electron chi connectivity index (χ1n) is 7.72. The highest BCUT2D eigenvalue weighted by Gasteiger charge is 2.05. The second-order valence-corrected chi connectivity index (χ2v) is 5.77. The standard InChI is InChI=1S/C17H24N4/c1-4-5-9-15(11-13(2)3)19-21-17-16-10-7-6-8-14(16)12-18-20-17/h6-8,10,12-13H,4-5,9,11H2,1-3H3,(H,20,21)/b19-15+. The monoisotopic (exact) mass is 284 g/mol. The Bertz CT molecular complexity index is 599. The van der Waals surface area contributed by atoms with Crippen LogP contribution in [0.4, 0.5) is 5.82 Å². The van der Waals surface area contributed by atoms with Gasteiger partial charge in [0.2, 0.25) is 0 Å². The van der Waals surface area contributed by atoms with E-state index in [2.05, 4.69) is 41.5 Å². The number of hydrazone groups is 1. The molecule has 0 aliphatic heterocycles. The minimum Gasteiger partial charge on any atom is -0.259 e. The van der Waals surface area contributed by atoms with Gasteiger partial charge in [-0.1, -0.05) is 51.5 Å². The number of hydrogen-bond donors (Lipinski definition) is 1. The molecule has 0 saturated carbocycles. The Morgan fingerprint density at radius 3 is 2.86 bits per heavy atom. The van der Waals surface area contributed by atoms with Crippen LogP contribution in [0.5, 0.6) is 0 Å². The summed E-state index contributed by atoms with van der Waals surface area (Å²) in [5.74, 6) is 1.34. The number of rotatable bonds is 7. The van der Waals surface area contributed by atoms with E-state index >= 15 is 0 Å². The fraction of sp³-hybridized carbons (Fsp3) is 0.471. The first-order valence-corrected chi connectivity index (χ1v) is 7.72. The third kappa shape index (κ3) is 4.52. The van der Waals surface area contributed by atoms with Gasteiger partial charge in [-0.25, -0.2) is 0 Å². The van der Waals surface area contributed by atoms with Gasteiger partial charge in [0.1, 0.15) is 0 Å². The molecule has 0 aliphatic rings. The van der Waals surface area contributed by atoms with Crippen LogP contribution in [-0.2, 0) is 0 Å². The molecule has 2 rings (SSSR count). The van der Waals surface area contributed by atoms with Crippen molar-refractivity contribution in [3.63, 3.8) is 0 Å². The fourth-order valence-corrected chi connectivity index (χ4v) is 2.30. The van der Waals surface area contributed by atoms with E-state index in [0.29, 0.717) is 5.92 Å². The van der Waals surface area contributed by atoms with Crippen LogP contribution in [0.2, 0.25) is 0 Å². The van der Waals surface area contributed by atoms with Crippen LogP contribution in [0.25, 0.3) is 10.8 Å². The van der Waals surface area contributed by atoms with Crippen molar-refractivity contribution in [3.8, 4) is 0 Å². The van der Waals surface area contributed by atoms with E-state index in [1.54, 1.807) is 6.20 Å². The number of nitrogens with one attached hydrogen (secondary N) is 1. The normalized spacial score (nSPS) is 12.1. The zero-order chi connectivity index (χ0) is 15.1. The largest absolute Gasteiger partial charge is 0.259 e. The summed E-state index contributed by atoms with van der Waals surface area (Å²) < 4.78 is 0. The number of hydrogen-bond acceptors (Lipinski definition) is 4. The average molecular weight is 284 g/mol. The van der Waals surface area contributed by atoms with Gasteiger partial charge in [-0.05, 0) is 25.2 Å². The Labute approximate surface area is 126 Å². The summed E-state index contributed by atoms with van der Waals surface area (Å²) in [7, 11) is 0. The summed E-state index contributed by atoms with van der Waals surface area (Å²) in [6, 6.07) is 8.08. The van der Waals surface area contributed by atoms with E-state index in [0.717, 1.165) is 29.4 Å². The molecule has 1 N–H and O–H groups in total. The van der Waals surface area contributed by atoms with Gasteiger partial charge in [-0.15, -0.1) is 5.10 Å². The van der Waals surface area contributed by atoms with Gasteiger partial charge in [-0.2, -0.15) is 10.2 Å². The predicted molar refractivity (Wildman–Crippen MR) is 89.6 cm³/mol. The predicted octanol–water partition coefficient (Wildman–Crippen LogP) is 4.63. The molecule has 2 aromatic rings. The molecule has 0 unspecified atom stereocenters. The van der Waals surface area contributed by atoms with Crippen molar-refractivity contribution in [3.05, 3.63) is 30.5 Å². The molecule has 4 heteroatoms. The van der Waals surface area contributed by atoms with Crippen molar-refractivity contribution >= 4 is 22.3 Å². The molecular weight excluding hydrogens is 260 g/mol. The van der Waals surface area contributed by atoms with Gasteiger partial charge >= 0.3 is 0 Å². The van der Waals surface area contributed by atoms with Gasteiger partial charge in [0, 0.05) is 16.5 Å². The maximum absolute atomic E-state index is 4.59. The van der Waals surface area contributed by atoms with E-state index in [1.165, 1.54) is 18.6 Å². The number of aromatic nitrogens is 2. The first-order chi connectivity index (χ1) is 10.2. The van der Waals surface area contributed by atoms with E-state index in [1.807, 2.05) is 24.3 Å². The van der Waals surface area contributed by atoms with Gasteiger partial charge in [0.15, 0.2) is 5.82 Å². The van der Waals surface area contributed by atoms with Crippen LogP contribution >= 0.6 is 0 Å². The van der Waals surface area contributed by atoms with Crippen molar-refractivity contribution in [2.75, 3.05) is 5.43 Å². The van der Waals surface area contributed by atoms with E-state index in [-0.39, 0.29) is 0 Å². The summed E-state index contributed by atoms with van der Waals surface area (Å²) >= 11 is 0. The van der Waals surface area contributed by atoms with Gasteiger partial charge in [0.05, 0.1) is 6.20 Å². The smallest absolute Gasteiger partial charge is 0.176 e. The molecule has 0 saturated heterocycles. The molecule has 1 heterocycles. The van der Waals surface area contributed by atoms with E-state index in [9.17, 15) is 0 Å². The molecular formula is C17H24N4. The quantitative estimate of drug-likeness (QED) is 0.595. The van der Waals surface area contributed by atoms with Crippen LogP contribution in [0.3, 0.4) is 0 Å². The minimum atomic E-state index is 0.612. The molecule has 0 spiro atoms. The maximum atomic E-state index is 4.59. The summed E-state index contributed by atoms with van der Waals surface area (Å²) in [5, 5.41) is 14.9. The fourth-order valence-electron chi connectivity index (χ4n) is 2.30. The zero-order valence-electron chi connectivity index (χ0n) is 13.1. The lowest BCUT2D eigenvalue weighted by molar-refractivity contribution is 0.669. The highest BCUT2D eigenvalue weighted by Crippen LogP contribution is 2.19. The van der Waals surface area contributed by atoms with Crippen molar-refractivity contribution in [1.29, 1.82) is 0 Å². The summed E-state index contributed by atoms with van der Waals surface area (Å²) in [6.07, 6.45) is 6.20. The molecule has 0 bridgehead atoms. The van der Waals surface area contributed by atoms with Crippen molar-refractivity contribution < 1.29 is 0 Å². The number of nitrogens with zero attached hydrogens (tertiary/aromatic N) is 3. The van der Waals surface area contributed by atoms with Gasteiger partial charge in [0.25, 0.3) is 0 Å². The Morgan fingerprint density at radius 2 is 2.10 bits per heavy atom. The zero-order valence-corrected chi connectivity index (χ0v) is 13.1. The number of unbranched alkanes of at least 4 members (excludes halogenated alkanes) is 1. The van der Waals surface area contributed by atoms with Crippen molar-refractivity contribution in [2.24, 2.45) is 11.0 Å². The lowest BCUT2D eigenvalue weighted by atomic mass is 10.0. The number of fused-ring (bicyclic) bond motifs is 1. The molecule has 0 radical (unpaired) electrons. The van der Waals surface area contributed by atoms with Gasteiger partial charge in [-0.3, -0.25) is 5.43 Å². The lowest BCUT2D eigenvalue weighted by Gasteiger charge is -2.10. The third-order valence-electron chi connectivity index (χ3n) is 3.35. The molecule has 0 fully saturated rings. The molecule has 1 aromatic carbocycles. The highest BCUT2D eigenvalue weighted by molar-refractivity contribution is 5.92. The van der Waals surface area contributed by atoms with E-state index < -0.39 is 0 Å². The van der Waals surface area contributed by atoms with Crippen LogP contribution in [0.1, 0.15) is 46.5 Å². The SMILES string of the molecule is CCCC/C(CC(C)C)=N\Nc1nncc2ccccc12. The van der Waals surface area contributed by atoms with Crippen LogP contribution < -0.4 is 5.43 Å². The van der Waals surface area contributed by atoms with Crippen LogP contribution in [0, 0.1) is 5.92 Å². The second-order valence-electron chi connectivity index (χ2n) is 5.77. The molecule has 0 aliphatic carbocycles. The van der Waals surface area contributed by atoms with Crippen molar-refractivity contribution in [1.82, 2.24) is 10.2 Å². The molecule has 21 heavy (non-hydrogen) atoms. The van der Waals surface area contributed by atoms with Gasteiger partial charge < -0.3 is 0 Å². The van der Waals surface area contributed by atoms with Crippen molar-refractivity contribution in [2.45, 2.75) is 46.5 Å². The Hall–Kier alpha value is -1.97. The summed E-state index contributed by atoms with van der Waals surface area (Å²) in [5.41, 5.74) is 4.33. The van der Waals surface area contributed by atoms with Crippen LogP contribution in [0.15, 0.2) is 35.6 Å². The topological polar surface area (TPSA) is 50.2 Å². The number of anilines is 1. The third-order valence-corrected chi connectivity index (χ3v) is 3.35. The average Bonchev–Trinajstić information content (AvgIpc) is 2.49. The molecule has 112 valence electrons. The highest BCUT2D eigenvalue weighted by atomic mass is 15.3.